The van der Waals surface area contributed by atoms with E-state index in [4.69, 9.17) is 14.2 Å². The first kappa shape index (κ1) is 22.2. The highest BCUT2D eigenvalue weighted by Crippen LogP contribution is 2.31. The van der Waals surface area contributed by atoms with E-state index >= 15 is 0 Å². The molecule has 0 N–H and O–H groups in total. The maximum absolute atomic E-state index is 5.59. The van der Waals surface area contributed by atoms with Crippen LogP contribution in [-0.4, -0.2) is 93.6 Å². The lowest BCUT2D eigenvalue weighted by Gasteiger charge is -2.34. The Labute approximate surface area is 182 Å². The topological polar surface area (TPSA) is 37.4 Å². The first-order chi connectivity index (χ1) is 14.6. The molecule has 0 aromatic heterocycles. The molecule has 0 bridgehead atoms. The maximum Gasteiger partial charge on any atom is 0.0594 e. The van der Waals surface area contributed by atoms with Crippen LogP contribution in [-0.2, 0) is 33.8 Å². The van der Waals surface area contributed by atoms with Crippen LogP contribution in [0.5, 0.6) is 0 Å². The van der Waals surface area contributed by atoms with Crippen LogP contribution in [0.1, 0.15) is 33.4 Å². The SMILES string of the molecule is Cc1c(CN2CCOCC2)c(C)c(CN2CCOCC2)c(C)c1CN1CCOCC1. The van der Waals surface area contributed by atoms with Crippen LogP contribution in [0.2, 0.25) is 0 Å². The molecule has 3 heterocycles. The zero-order valence-electron chi connectivity index (χ0n) is 19.2. The molecule has 1 aromatic carbocycles. The minimum Gasteiger partial charge on any atom is -0.379 e. The molecule has 3 saturated heterocycles. The van der Waals surface area contributed by atoms with Crippen LogP contribution in [0.25, 0.3) is 0 Å². The van der Waals surface area contributed by atoms with E-state index in [2.05, 4.69) is 35.5 Å². The Balaban J connectivity index is 1.65. The van der Waals surface area contributed by atoms with Crippen LogP contribution in [0.15, 0.2) is 0 Å². The molecule has 0 saturated carbocycles. The molecule has 30 heavy (non-hydrogen) atoms. The molecule has 1 aromatic rings. The summed E-state index contributed by atoms with van der Waals surface area (Å²) in [5.74, 6) is 0. The van der Waals surface area contributed by atoms with Gasteiger partial charge in [-0.2, -0.15) is 0 Å². The average Bonchev–Trinajstić information content (AvgIpc) is 2.79. The maximum atomic E-state index is 5.59. The minimum absolute atomic E-state index is 0.852. The van der Waals surface area contributed by atoms with Crippen LogP contribution >= 0.6 is 0 Å². The number of hydrogen-bond donors (Lipinski definition) is 0. The molecule has 0 aliphatic carbocycles. The lowest BCUT2D eigenvalue weighted by molar-refractivity contribution is 0.0322. The quantitative estimate of drug-likeness (QED) is 0.706. The van der Waals surface area contributed by atoms with Crippen molar-refractivity contribution < 1.29 is 14.2 Å². The van der Waals surface area contributed by atoms with Crippen molar-refractivity contribution in [2.45, 2.75) is 40.4 Å². The van der Waals surface area contributed by atoms with E-state index in [1.54, 1.807) is 0 Å². The fourth-order valence-corrected chi connectivity index (χ4v) is 5.05. The fraction of sp³-hybridized carbons (Fsp3) is 0.750. The zero-order chi connectivity index (χ0) is 20.9. The normalized spacial score (nSPS) is 22.5. The van der Waals surface area contributed by atoms with Crippen molar-refractivity contribution in [2.75, 3.05) is 78.9 Å². The summed E-state index contributed by atoms with van der Waals surface area (Å²) < 4.78 is 16.8. The van der Waals surface area contributed by atoms with Gasteiger partial charge in [-0.05, 0) is 54.2 Å². The summed E-state index contributed by atoms with van der Waals surface area (Å²) in [6.45, 7) is 21.5. The highest BCUT2D eigenvalue weighted by Gasteiger charge is 2.23. The van der Waals surface area contributed by atoms with Gasteiger partial charge in [0.15, 0.2) is 0 Å². The molecule has 168 valence electrons. The van der Waals surface area contributed by atoms with E-state index in [1.807, 2.05) is 0 Å². The second kappa shape index (κ2) is 10.5. The van der Waals surface area contributed by atoms with Gasteiger partial charge in [0.2, 0.25) is 0 Å². The summed E-state index contributed by atoms with van der Waals surface area (Å²) in [7, 11) is 0. The Morgan fingerprint density at radius 1 is 0.467 bits per heavy atom. The number of benzene rings is 1. The van der Waals surface area contributed by atoms with Crippen molar-refractivity contribution in [3.63, 3.8) is 0 Å². The Morgan fingerprint density at radius 2 is 0.700 bits per heavy atom. The van der Waals surface area contributed by atoms with Crippen LogP contribution in [0.4, 0.5) is 0 Å². The van der Waals surface area contributed by atoms with E-state index in [0.717, 1.165) is 98.5 Å². The van der Waals surface area contributed by atoms with E-state index in [1.165, 1.54) is 33.4 Å². The molecule has 0 spiro atoms. The Morgan fingerprint density at radius 3 is 0.933 bits per heavy atom. The molecular weight excluding hydrogens is 378 g/mol. The van der Waals surface area contributed by atoms with Gasteiger partial charge in [0.25, 0.3) is 0 Å². The Hall–Kier alpha value is -1.02. The molecule has 4 rings (SSSR count). The van der Waals surface area contributed by atoms with Crippen LogP contribution in [0, 0.1) is 20.8 Å². The third kappa shape index (κ3) is 5.23. The molecule has 0 radical (unpaired) electrons. The summed E-state index contributed by atoms with van der Waals surface area (Å²) in [6, 6.07) is 0. The van der Waals surface area contributed by atoms with Gasteiger partial charge in [-0.15, -0.1) is 0 Å². The summed E-state index contributed by atoms with van der Waals surface area (Å²) in [6.07, 6.45) is 0. The number of rotatable bonds is 6. The lowest BCUT2D eigenvalue weighted by Crippen LogP contribution is -2.38. The molecular formula is C24H39N3O3. The fourth-order valence-electron chi connectivity index (χ4n) is 5.05. The second-order valence-electron chi connectivity index (χ2n) is 8.98. The van der Waals surface area contributed by atoms with E-state index < -0.39 is 0 Å². The monoisotopic (exact) mass is 417 g/mol. The van der Waals surface area contributed by atoms with Crippen molar-refractivity contribution in [2.24, 2.45) is 0 Å². The summed E-state index contributed by atoms with van der Waals surface area (Å²) in [5.41, 5.74) is 9.09. The number of morpholine rings is 3. The Kier molecular flexibility index (Phi) is 7.79. The van der Waals surface area contributed by atoms with E-state index in [0.29, 0.717) is 0 Å². The lowest BCUT2D eigenvalue weighted by atomic mass is 9.87. The van der Waals surface area contributed by atoms with E-state index in [9.17, 15) is 0 Å². The highest BCUT2D eigenvalue weighted by molar-refractivity contribution is 5.50. The van der Waals surface area contributed by atoms with Crippen LogP contribution in [0.3, 0.4) is 0 Å². The first-order valence-electron chi connectivity index (χ1n) is 11.6. The summed E-state index contributed by atoms with van der Waals surface area (Å²) in [5, 5.41) is 0. The Bertz CT molecular complexity index is 590. The first-order valence-corrected chi connectivity index (χ1v) is 11.6. The highest BCUT2D eigenvalue weighted by atomic mass is 16.5. The van der Waals surface area contributed by atoms with Gasteiger partial charge in [-0.25, -0.2) is 0 Å². The zero-order valence-corrected chi connectivity index (χ0v) is 19.2. The van der Waals surface area contributed by atoms with Gasteiger partial charge >= 0.3 is 0 Å². The van der Waals surface area contributed by atoms with Gasteiger partial charge < -0.3 is 14.2 Å². The molecule has 3 fully saturated rings. The second-order valence-corrected chi connectivity index (χ2v) is 8.98. The molecule has 0 unspecified atom stereocenters. The smallest absolute Gasteiger partial charge is 0.0594 e. The van der Waals surface area contributed by atoms with Crippen molar-refractivity contribution in [3.05, 3.63) is 33.4 Å². The minimum atomic E-state index is 0.852. The summed E-state index contributed by atoms with van der Waals surface area (Å²) >= 11 is 0. The molecule has 3 aliphatic rings. The van der Waals surface area contributed by atoms with Crippen molar-refractivity contribution in [1.29, 1.82) is 0 Å². The van der Waals surface area contributed by atoms with Crippen molar-refractivity contribution in [3.8, 4) is 0 Å². The largest absolute Gasteiger partial charge is 0.379 e. The predicted octanol–water partition coefficient (Wildman–Crippen LogP) is 2.11. The third-order valence-corrected chi connectivity index (χ3v) is 7.17. The van der Waals surface area contributed by atoms with Gasteiger partial charge in [0.05, 0.1) is 39.6 Å². The number of ether oxygens (including phenoxy) is 3. The molecule has 0 amide bonds. The number of nitrogens with zero attached hydrogens (tertiary/aromatic N) is 3. The standard InChI is InChI=1S/C24H39N3O3/c1-19-22(16-25-4-10-28-11-5-25)20(2)24(18-27-8-14-30-15-9-27)21(3)23(19)17-26-6-12-29-13-7-26/h4-18H2,1-3H3. The van der Waals surface area contributed by atoms with Gasteiger partial charge in [-0.3, -0.25) is 14.7 Å². The molecule has 6 nitrogen and oxygen atoms in total. The number of hydrogen-bond acceptors (Lipinski definition) is 6. The average molecular weight is 418 g/mol. The third-order valence-electron chi connectivity index (χ3n) is 7.17. The predicted molar refractivity (Wildman–Crippen MR) is 119 cm³/mol. The van der Waals surface area contributed by atoms with Crippen molar-refractivity contribution >= 4 is 0 Å². The van der Waals surface area contributed by atoms with Gasteiger partial charge in [-0.1, -0.05) is 0 Å². The van der Waals surface area contributed by atoms with Crippen LogP contribution < -0.4 is 0 Å². The summed E-state index contributed by atoms with van der Waals surface area (Å²) in [4.78, 5) is 7.68. The molecule has 6 heteroatoms. The van der Waals surface area contributed by atoms with Crippen molar-refractivity contribution in [1.82, 2.24) is 14.7 Å². The molecule has 3 aliphatic heterocycles. The van der Waals surface area contributed by atoms with Gasteiger partial charge in [0.1, 0.15) is 0 Å². The molecule has 0 atom stereocenters. The van der Waals surface area contributed by atoms with Gasteiger partial charge in [0, 0.05) is 58.9 Å². The van der Waals surface area contributed by atoms with E-state index in [-0.39, 0.29) is 0 Å².